The molecule has 9 heavy (non-hydrogen) atoms. The van der Waals surface area contributed by atoms with E-state index >= 15 is 0 Å². The molecule has 1 atom stereocenters. The average Bonchev–Trinajstić information content (AvgIpc) is 1.64. The van der Waals surface area contributed by atoms with Crippen LogP contribution in [0.4, 0.5) is 0 Å². The van der Waals surface area contributed by atoms with Crippen LogP contribution < -0.4 is 0 Å². The monoisotopic (exact) mass is 354 g/mol. The molecule has 0 radical (unpaired) electrons. The second-order valence-corrected chi connectivity index (χ2v) is 6.04. The van der Waals surface area contributed by atoms with Crippen LogP contribution in [0.5, 0.6) is 0 Å². The standard InChI is InChI=1S/C5H12I2N2/c1-4-5(8(2)3)9(6)7/h5H,4H2,1-3H3. The van der Waals surface area contributed by atoms with E-state index in [0.717, 1.165) is 0 Å². The maximum absolute atomic E-state index is 2.30. The van der Waals surface area contributed by atoms with Gasteiger partial charge >= 0.3 is 0 Å². The van der Waals surface area contributed by atoms with Gasteiger partial charge in [-0.3, -0.25) is 4.90 Å². The van der Waals surface area contributed by atoms with Crippen molar-refractivity contribution in [2.75, 3.05) is 14.1 Å². The highest BCUT2D eigenvalue weighted by Crippen LogP contribution is 2.17. The van der Waals surface area contributed by atoms with E-state index in [4.69, 9.17) is 0 Å². The topological polar surface area (TPSA) is 6.48 Å². The minimum absolute atomic E-state index is 0.561. The van der Waals surface area contributed by atoms with Gasteiger partial charge < -0.3 is 0 Å². The Balaban J connectivity index is 3.68. The highest BCUT2D eigenvalue weighted by Gasteiger charge is 2.12. The summed E-state index contributed by atoms with van der Waals surface area (Å²) in [6.45, 7) is 2.19. The summed E-state index contributed by atoms with van der Waals surface area (Å²) in [6.07, 6.45) is 1.73. The van der Waals surface area contributed by atoms with Crippen LogP contribution in [-0.2, 0) is 0 Å². The Bertz CT molecular complexity index is 67.4. The Morgan fingerprint density at radius 1 is 1.33 bits per heavy atom. The number of nitrogens with zero attached hydrogens (tertiary/aromatic N) is 2. The zero-order chi connectivity index (χ0) is 7.44. The third-order valence-electron chi connectivity index (χ3n) is 1.19. The molecule has 0 aromatic rings. The zero-order valence-corrected chi connectivity index (χ0v) is 10.2. The van der Waals surface area contributed by atoms with E-state index in [1.54, 1.807) is 0 Å². The summed E-state index contributed by atoms with van der Waals surface area (Å²) < 4.78 is 2.16. The summed E-state index contributed by atoms with van der Waals surface area (Å²) in [7, 11) is 4.19. The molecular weight excluding hydrogens is 342 g/mol. The summed E-state index contributed by atoms with van der Waals surface area (Å²) in [6, 6.07) is 0. The van der Waals surface area contributed by atoms with Crippen LogP contribution >= 0.6 is 45.7 Å². The molecule has 1 unspecified atom stereocenters. The zero-order valence-electron chi connectivity index (χ0n) is 5.93. The lowest BCUT2D eigenvalue weighted by Crippen LogP contribution is -2.33. The molecule has 0 fully saturated rings. The first-order chi connectivity index (χ1) is 4.09. The number of halogens is 2. The lowest BCUT2D eigenvalue weighted by atomic mass is 10.4. The third-order valence-corrected chi connectivity index (χ3v) is 2.47. The lowest BCUT2D eigenvalue weighted by molar-refractivity contribution is 0.243. The highest BCUT2D eigenvalue weighted by molar-refractivity contribution is 14.2. The Kier molecular flexibility index (Phi) is 5.87. The predicted molar refractivity (Wildman–Crippen MR) is 57.6 cm³/mol. The van der Waals surface area contributed by atoms with E-state index in [1.165, 1.54) is 6.42 Å². The number of rotatable bonds is 3. The number of hydrogen-bond donors (Lipinski definition) is 0. The van der Waals surface area contributed by atoms with Crippen LogP contribution in [0.1, 0.15) is 13.3 Å². The van der Waals surface area contributed by atoms with Gasteiger partial charge in [0.15, 0.2) is 0 Å². The molecule has 4 heteroatoms. The van der Waals surface area contributed by atoms with Crippen LogP contribution in [0, 0.1) is 0 Å². The van der Waals surface area contributed by atoms with Gasteiger partial charge in [-0.1, -0.05) is 6.92 Å². The van der Waals surface area contributed by atoms with E-state index < -0.39 is 0 Å². The van der Waals surface area contributed by atoms with Gasteiger partial charge in [-0.15, -0.1) is 0 Å². The molecule has 2 nitrogen and oxygen atoms in total. The van der Waals surface area contributed by atoms with E-state index in [-0.39, 0.29) is 0 Å². The van der Waals surface area contributed by atoms with Crippen molar-refractivity contribution in [3.8, 4) is 0 Å². The maximum Gasteiger partial charge on any atom is 0.0804 e. The Morgan fingerprint density at radius 3 is 1.78 bits per heavy atom. The molecule has 0 aromatic carbocycles. The predicted octanol–water partition coefficient (Wildman–Crippen LogP) is 2.29. The fourth-order valence-corrected chi connectivity index (χ4v) is 2.46. The Hall–Kier alpha value is 1.38. The van der Waals surface area contributed by atoms with Gasteiger partial charge in [0, 0.05) is 45.7 Å². The molecule has 0 N–H and O–H groups in total. The molecule has 0 spiro atoms. The summed E-state index contributed by atoms with van der Waals surface area (Å²) in [5, 5.41) is 0. The first-order valence-electron chi connectivity index (χ1n) is 2.86. The van der Waals surface area contributed by atoms with Crippen molar-refractivity contribution in [3.05, 3.63) is 0 Å². The van der Waals surface area contributed by atoms with Crippen molar-refractivity contribution in [3.63, 3.8) is 0 Å². The van der Waals surface area contributed by atoms with Crippen LogP contribution in [0.15, 0.2) is 0 Å². The van der Waals surface area contributed by atoms with Gasteiger partial charge in [0.05, 0.1) is 6.17 Å². The second kappa shape index (κ2) is 5.09. The van der Waals surface area contributed by atoms with Gasteiger partial charge in [-0.25, -0.2) is 0 Å². The minimum Gasteiger partial charge on any atom is -0.293 e. The molecule has 0 saturated heterocycles. The second-order valence-electron chi connectivity index (χ2n) is 2.11. The minimum atomic E-state index is 0.561. The van der Waals surface area contributed by atoms with E-state index in [9.17, 15) is 0 Å². The first-order valence-corrected chi connectivity index (χ1v) is 4.79. The van der Waals surface area contributed by atoms with Crippen molar-refractivity contribution in [2.45, 2.75) is 19.5 Å². The van der Waals surface area contributed by atoms with Crippen molar-refractivity contribution in [1.29, 1.82) is 0 Å². The van der Waals surface area contributed by atoms with Crippen molar-refractivity contribution < 1.29 is 0 Å². The van der Waals surface area contributed by atoms with Gasteiger partial charge in [0.1, 0.15) is 0 Å². The van der Waals surface area contributed by atoms with Crippen molar-refractivity contribution in [2.24, 2.45) is 0 Å². The summed E-state index contributed by atoms with van der Waals surface area (Å²) in [4.78, 5) is 2.21. The molecule has 0 amide bonds. The molecule has 0 aliphatic rings. The first kappa shape index (κ1) is 10.4. The SMILES string of the molecule is CCC(N(C)C)N(I)I. The largest absolute Gasteiger partial charge is 0.293 e. The molecule has 0 aliphatic carbocycles. The third kappa shape index (κ3) is 3.94. The van der Waals surface area contributed by atoms with Gasteiger partial charge in [-0.2, -0.15) is 1.33 Å². The Morgan fingerprint density at radius 2 is 1.78 bits per heavy atom. The fourth-order valence-electron chi connectivity index (χ4n) is 0.678. The van der Waals surface area contributed by atoms with Gasteiger partial charge in [-0.05, 0) is 20.5 Å². The van der Waals surface area contributed by atoms with Crippen LogP contribution in [-0.4, -0.2) is 26.5 Å². The van der Waals surface area contributed by atoms with E-state index in [0.29, 0.717) is 6.17 Å². The lowest BCUT2D eigenvalue weighted by Gasteiger charge is -2.25. The molecule has 56 valence electrons. The molecule has 0 aromatic heterocycles. The molecule has 0 bridgehead atoms. The molecular formula is C5H12I2N2. The molecule has 0 aliphatic heterocycles. The van der Waals surface area contributed by atoms with Crippen molar-refractivity contribution in [1.82, 2.24) is 6.23 Å². The highest BCUT2D eigenvalue weighted by atomic mass is 127. The van der Waals surface area contributed by atoms with E-state index in [2.05, 4.69) is 73.0 Å². The summed E-state index contributed by atoms with van der Waals surface area (Å²) >= 11 is 4.60. The van der Waals surface area contributed by atoms with Gasteiger partial charge in [0.25, 0.3) is 0 Å². The van der Waals surface area contributed by atoms with E-state index in [1.807, 2.05) is 0 Å². The Labute approximate surface area is 85.0 Å². The average molecular weight is 354 g/mol. The number of hydrogen-bond acceptors (Lipinski definition) is 2. The van der Waals surface area contributed by atoms with Gasteiger partial charge in [0.2, 0.25) is 0 Å². The van der Waals surface area contributed by atoms with Crippen LogP contribution in [0.2, 0.25) is 0 Å². The van der Waals surface area contributed by atoms with Crippen LogP contribution in [0.25, 0.3) is 0 Å². The normalized spacial score (nSPS) is 15.0. The molecule has 0 heterocycles. The molecule has 0 rings (SSSR count). The summed E-state index contributed by atoms with van der Waals surface area (Å²) in [5.41, 5.74) is 0. The fraction of sp³-hybridized carbons (Fsp3) is 1.00. The van der Waals surface area contributed by atoms with Crippen LogP contribution in [0.3, 0.4) is 0 Å². The van der Waals surface area contributed by atoms with Crippen molar-refractivity contribution >= 4 is 45.7 Å². The summed E-state index contributed by atoms with van der Waals surface area (Å²) in [5.74, 6) is 0. The molecule has 0 saturated carbocycles. The maximum atomic E-state index is 2.30. The smallest absolute Gasteiger partial charge is 0.0804 e. The quantitative estimate of drug-likeness (QED) is 0.436.